The van der Waals surface area contributed by atoms with Crippen molar-refractivity contribution in [2.75, 3.05) is 26.7 Å². The lowest BCUT2D eigenvalue weighted by Gasteiger charge is -2.35. The van der Waals surface area contributed by atoms with E-state index in [1.165, 1.54) is 24.8 Å². The van der Waals surface area contributed by atoms with E-state index in [9.17, 15) is 4.79 Å². The first-order valence-corrected chi connectivity index (χ1v) is 10.5. The first kappa shape index (κ1) is 21.5. The Morgan fingerprint density at radius 3 is 2.45 bits per heavy atom. The molecule has 0 radical (unpaired) electrons. The molecule has 5 nitrogen and oxygen atoms in total. The van der Waals surface area contributed by atoms with Gasteiger partial charge in [-0.3, -0.25) is 9.69 Å². The quantitative estimate of drug-likeness (QED) is 0.690. The molecule has 0 saturated carbocycles. The van der Waals surface area contributed by atoms with Gasteiger partial charge in [0.2, 0.25) is 0 Å². The van der Waals surface area contributed by atoms with Crippen LogP contribution in [0.5, 0.6) is 11.5 Å². The molecule has 1 saturated heterocycles. The molecule has 0 aromatic heterocycles. The van der Waals surface area contributed by atoms with Crippen LogP contribution in [0, 0.1) is 0 Å². The van der Waals surface area contributed by atoms with Crippen molar-refractivity contribution in [2.45, 2.75) is 38.3 Å². The molecular weight excluding hydrogens is 388 g/mol. The summed E-state index contributed by atoms with van der Waals surface area (Å²) in [6.45, 7) is 4.35. The molecule has 1 fully saturated rings. The minimum Gasteiger partial charge on any atom is -0.497 e. The molecule has 1 amide bonds. The average molecular weight is 417 g/mol. The van der Waals surface area contributed by atoms with Gasteiger partial charge in [0, 0.05) is 6.54 Å². The van der Waals surface area contributed by atoms with Gasteiger partial charge < -0.3 is 14.8 Å². The number of likely N-dealkylation sites (tertiary alicyclic amines) is 1. The Labute approximate surface area is 177 Å². The first-order valence-electron chi connectivity index (χ1n) is 10.2. The summed E-state index contributed by atoms with van der Waals surface area (Å²) >= 11 is 6.13. The number of hydrogen-bond acceptors (Lipinski definition) is 4. The highest BCUT2D eigenvalue weighted by Gasteiger charge is 2.24. The predicted molar refractivity (Wildman–Crippen MR) is 116 cm³/mol. The maximum atomic E-state index is 12.7. The number of piperidine rings is 1. The molecule has 2 atom stereocenters. The van der Waals surface area contributed by atoms with Crippen LogP contribution in [0.25, 0.3) is 0 Å². The molecule has 1 N–H and O–H groups in total. The second kappa shape index (κ2) is 10.5. The Morgan fingerprint density at radius 1 is 1.10 bits per heavy atom. The summed E-state index contributed by atoms with van der Waals surface area (Å²) in [5.41, 5.74) is 1.17. The molecule has 3 rings (SSSR count). The van der Waals surface area contributed by atoms with Crippen molar-refractivity contribution in [1.29, 1.82) is 0 Å². The number of para-hydroxylation sites is 1. The predicted octanol–water partition coefficient (Wildman–Crippen LogP) is 4.46. The summed E-state index contributed by atoms with van der Waals surface area (Å²) in [6.07, 6.45) is 3.01. The van der Waals surface area contributed by atoms with E-state index < -0.39 is 6.10 Å². The molecule has 2 aromatic rings. The van der Waals surface area contributed by atoms with Gasteiger partial charge in [-0.05, 0) is 62.7 Å². The number of rotatable bonds is 8. The number of nitrogens with zero attached hydrogens (tertiary/aromatic N) is 1. The highest BCUT2D eigenvalue weighted by molar-refractivity contribution is 6.32. The lowest BCUT2D eigenvalue weighted by Crippen LogP contribution is -2.43. The van der Waals surface area contributed by atoms with Crippen LogP contribution in [-0.4, -0.2) is 43.7 Å². The van der Waals surface area contributed by atoms with Crippen molar-refractivity contribution in [3.05, 3.63) is 59.1 Å². The molecule has 156 valence electrons. The summed E-state index contributed by atoms with van der Waals surface area (Å²) in [7, 11) is 1.66. The summed E-state index contributed by atoms with van der Waals surface area (Å²) in [5.74, 6) is 1.19. The summed E-state index contributed by atoms with van der Waals surface area (Å²) in [6, 6.07) is 15.4. The number of benzene rings is 2. The number of amides is 1. The fourth-order valence-electron chi connectivity index (χ4n) is 3.64. The lowest BCUT2D eigenvalue weighted by atomic mass is 10.0. The van der Waals surface area contributed by atoms with E-state index in [2.05, 4.69) is 22.3 Å². The summed E-state index contributed by atoms with van der Waals surface area (Å²) in [5, 5.41) is 3.56. The van der Waals surface area contributed by atoms with E-state index in [-0.39, 0.29) is 11.9 Å². The number of nitrogens with one attached hydrogen (secondary N) is 1. The zero-order chi connectivity index (χ0) is 20.6. The second-order valence-electron chi connectivity index (χ2n) is 7.32. The Kier molecular flexibility index (Phi) is 7.78. The Balaban J connectivity index is 1.65. The van der Waals surface area contributed by atoms with Crippen molar-refractivity contribution in [3.63, 3.8) is 0 Å². The van der Waals surface area contributed by atoms with Crippen molar-refractivity contribution in [2.24, 2.45) is 0 Å². The molecule has 1 aliphatic heterocycles. The normalized spacial score (nSPS) is 16.7. The van der Waals surface area contributed by atoms with Crippen molar-refractivity contribution in [1.82, 2.24) is 10.2 Å². The van der Waals surface area contributed by atoms with Gasteiger partial charge in [0.1, 0.15) is 11.5 Å². The Bertz CT molecular complexity index is 791. The third-order valence-corrected chi connectivity index (χ3v) is 5.62. The highest BCUT2D eigenvalue weighted by Crippen LogP contribution is 2.27. The van der Waals surface area contributed by atoms with Crippen molar-refractivity contribution in [3.8, 4) is 11.5 Å². The molecule has 0 spiro atoms. The lowest BCUT2D eigenvalue weighted by molar-refractivity contribution is -0.127. The van der Waals surface area contributed by atoms with Crippen LogP contribution in [0.2, 0.25) is 5.02 Å². The zero-order valence-corrected chi connectivity index (χ0v) is 17.8. The maximum Gasteiger partial charge on any atom is 0.260 e. The third kappa shape index (κ3) is 5.87. The van der Waals surface area contributed by atoms with Gasteiger partial charge in [-0.25, -0.2) is 0 Å². The van der Waals surface area contributed by atoms with Crippen LogP contribution < -0.4 is 14.8 Å². The molecule has 0 bridgehead atoms. The topological polar surface area (TPSA) is 50.8 Å². The largest absolute Gasteiger partial charge is 0.497 e. The molecule has 1 heterocycles. The number of ether oxygens (including phenoxy) is 2. The molecule has 1 aliphatic rings. The van der Waals surface area contributed by atoms with Gasteiger partial charge in [0.15, 0.2) is 6.10 Å². The fourth-order valence-corrected chi connectivity index (χ4v) is 3.82. The van der Waals surface area contributed by atoms with Crippen molar-refractivity contribution >= 4 is 17.5 Å². The van der Waals surface area contributed by atoms with Gasteiger partial charge in [0.25, 0.3) is 5.91 Å². The van der Waals surface area contributed by atoms with Gasteiger partial charge in [0.05, 0.1) is 18.2 Å². The van der Waals surface area contributed by atoms with Gasteiger partial charge >= 0.3 is 0 Å². The molecule has 2 aromatic carbocycles. The molecule has 0 aliphatic carbocycles. The van der Waals surface area contributed by atoms with E-state index in [4.69, 9.17) is 21.1 Å². The highest BCUT2D eigenvalue weighted by atomic mass is 35.5. The van der Waals surface area contributed by atoms with E-state index in [1.54, 1.807) is 26.2 Å². The van der Waals surface area contributed by atoms with E-state index in [0.717, 1.165) is 18.8 Å². The van der Waals surface area contributed by atoms with Crippen molar-refractivity contribution < 1.29 is 14.3 Å². The first-order chi connectivity index (χ1) is 14.1. The molecule has 6 heteroatoms. The number of carbonyl (C=O) groups is 1. The SMILES string of the molecule is COc1ccc(C(CNC(=O)C(C)Oc2ccccc2Cl)N2CCCCC2)cc1. The average Bonchev–Trinajstić information content (AvgIpc) is 2.76. The smallest absolute Gasteiger partial charge is 0.260 e. The summed E-state index contributed by atoms with van der Waals surface area (Å²) in [4.78, 5) is 15.1. The van der Waals surface area contributed by atoms with E-state index >= 15 is 0 Å². The molecule has 29 heavy (non-hydrogen) atoms. The van der Waals surface area contributed by atoms with Crippen LogP contribution in [0.3, 0.4) is 0 Å². The third-order valence-electron chi connectivity index (χ3n) is 5.31. The van der Waals surface area contributed by atoms with Crippen LogP contribution in [0.15, 0.2) is 48.5 Å². The van der Waals surface area contributed by atoms with Gasteiger partial charge in [-0.1, -0.05) is 42.3 Å². The Hall–Kier alpha value is -2.24. The Morgan fingerprint density at radius 2 is 1.79 bits per heavy atom. The zero-order valence-electron chi connectivity index (χ0n) is 17.1. The molecule has 2 unspecified atom stereocenters. The van der Waals surface area contributed by atoms with E-state index in [0.29, 0.717) is 17.3 Å². The van der Waals surface area contributed by atoms with Gasteiger partial charge in [-0.15, -0.1) is 0 Å². The number of hydrogen-bond donors (Lipinski definition) is 1. The minimum atomic E-state index is -0.632. The van der Waals surface area contributed by atoms with Crippen LogP contribution in [0.1, 0.15) is 37.8 Å². The van der Waals surface area contributed by atoms with Crippen LogP contribution in [0.4, 0.5) is 0 Å². The van der Waals surface area contributed by atoms with E-state index in [1.807, 2.05) is 24.3 Å². The fraction of sp³-hybridized carbons (Fsp3) is 0.435. The second-order valence-corrected chi connectivity index (χ2v) is 7.73. The monoisotopic (exact) mass is 416 g/mol. The maximum absolute atomic E-state index is 12.7. The summed E-state index contributed by atoms with van der Waals surface area (Å²) < 4.78 is 11.0. The molecular formula is C23H29ClN2O3. The van der Waals surface area contributed by atoms with Gasteiger partial charge in [-0.2, -0.15) is 0 Å². The number of methoxy groups -OCH3 is 1. The number of halogens is 1. The minimum absolute atomic E-state index is 0.123. The number of carbonyl (C=O) groups excluding carboxylic acids is 1. The van der Waals surface area contributed by atoms with Crippen LogP contribution in [-0.2, 0) is 4.79 Å². The van der Waals surface area contributed by atoms with Crippen LogP contribution >= 0.6 is 11.6 Å². The standard InChI is InChI=1S/C23H29ClN2O3/c1-17(29-22-9-5-4-8-20(22)24)23(27)25-16-21(26-14-6-3-7-15-26)18-10-12-19(28-2)13-11-18/h4-5,8-13,17,21H,3,6-7,14-16H2,1-2H3,(H,25,27).